The number of aryl methyl sites for hydroxylation is 2. The third-order valence-corrected chi connectivity index (χ3v) is 5.57. The molecule has 2 aromatic carbocycles. The molecule has 0 saturated heterocycles. The zero-order chi connectivity index (χ0) is 18.9. The molecule has 3 aromatic rings. The SMILES string of the molecule is CCOC(=O)c1oc2ccc(NS(=O)(=O)c3ccccc3C)cc2c1C. The second-order valence-corrected chi connectivity index (χ2v) is 7.51. The summed E-state index contributed by atoms with van der Waals surface area (Å²) >= 11 is 0. The highest BCUT2D eigenvalue weighted by Crippen LogP contribution is 2.29. The molecule has 136 valence electrons. The lowest BCUT2D eigenvalue weighted by Crippen LogP contribution is -2.14. The standard InChI is InChI=1S/C19H19NO5S/c1-4-24-19(21)18-13(3)15-11-14(9-10-16(15)25-18)20-26(22,23)17-8-6-5-7-12(17)2/h5-11,20H,4H2,1-3H3. The van der Waals surface area contributed by atoms with E-state index in [0.717, 1.165) is 0 Å². The van der Waals surface area contributed by atoms with E-state index in [1.165, 1.54) is 0 Å². The van der Waals surface area contributed by atoms with E-state index in [4.69, 9.17) is 9.15 Å². The highest BCUT2D eigenvalue weighted by atomic mass is 32.2. The number of nitrogens with one attached hydrogen (secondary N) is 1. The normalized spacial score (nSPS) is 11.5. The number of carbonyl (C=O) groups excluding carboxylic acids is 1. The number of benzene rings is 2. The van der Waals surface area contributed by atoms with E-state index in [1.54, 1.807) is 63.2 Å². The van der Waals surface area contributed by atoms with Gasteiger partial charge in [-0.05, 0) is 50.6 Å². The van der Waals surface area contributed by atoms with E-state index >= 15 is 0 Å². The number of ether oxygens (including phenoxy) is 1. The van der Waals surface area contributed by atoms with Crippen molar-refractivity contribution >= 4 is 32.6 Å². The molecule has 1 heterocycles. The van der Waals surface area contributed by atoms with Crippen LogP contribution in [0, 0.1) is 13.8 Å². The van der Waals surface area contributed by atoms with E-state index in [2.05, 4.69) is 4.72 Å². The second-order valence-electron chi connectivity index (χ2n) is 5.86. The van der Waals surface area contributed by atoms with Crippen molar-refractivity contribution in [1.82, 2.24) is 0 Å². The summed E-state index contributed by atoms with van der Waals surface area (Å²) < 4.78 is 38.4. The Kier molecular flexibility index (Phi) is 4.73. The molecule has 0 spiro atoms. The van der Waals surface area contributed by atoms with Crippen molar-refractivity contribution in [2.24, 2.45) is 0 Å². The average Bonchev–Trinajstić information content (AvgIpc) is 2.92. The van der Waals surface area contributed by atoms with Gasteiger partial charge in [-0.3, -0.25) is 4.72 Å². The Bertz CT molecular complexity index is 1080. The van der Waals surface area contributed by atoms with E-state index in [1.807, 2.05) is 0 Å². The molecule has 0 fully saturated rings. The largest absolute Gasteiger partial charge is 0.460 e. The average molecular weight is 373 g/mol. The molecule has 0 radical (unpaired) electrons. The molecule has 0 bridgehead atoms. The molecule has 26 heavy (non-hydrogen) atoms. The summed E-state index contributed by atoms with van der Waals surface area (Å²) in [6.45, 7) is 5.44. The van der Waals surface area contributed by atoms with Gasteiger partial charge in [0.1, 0.15) is 5.58 Å². The fourth-order valence-electron chi connectivity index (χ4n) is 2.74. The van der Waals surface area contributed by atoms with Gasteiger partial charge in [0, 0.05) is 16.6 Å². The number of rotatable bonds is 5. The summed E-state index contributed by atoms with van der Waals surface area (Å²) in [7, 11) is -3.72. The monoisotopic (exact) mass is 373 g/mol. The van der Waals surface area contributed by atoms with Gasteiger partial charge >= 0.3 is 5.97 Å². The molecule has 0 aliphatic heterocycles. The summed E-state index contributed by atoms with van der Waals surface area (Å²) in [5, 5.41) is 0.651. The Morgan fingerprint density at radius 2 is 1.88 bits per heavy atom. The Labute approximate surface area is 151 Å². The Hall–Kier alpha value is -2.80. The number of fused-ring (bicyclic) bond motifs is 1. The van der Waals surface area contributed by atoms with Gasteiger partial charge < -0.3 is 9.15 Å². The summed E-state index contributed by atoms with van der Waals surface area (Å²) in [4.78, 5) is 12.2. The topological polar surface area (TPSA) is 85.6 Å². The number of esters is 1. The first-order valence-corrected chi connectivity index (χ1v) is 9.60. The molecular weight excluding hydrogens is 354 g/mol. The highest BCUT2D eigenvalue weighted by Gasteiger charge is 2.20. The quantitative estimate of drug-likeness (QED) is 0.683. The van der Waals surface area contributed by atoms with Crippen LogP contribution in [0.25, 0.3) is 11.0 Å². The Morgan fingerprint density at radius 3 is 2.58 bits per heavy atom. The van der Waals surface area contributed by atoms with Crippen LogP contribution in [0.5, 0.6) is 0 Å². The van der Waals surface area contributed by atoms with Gasteiger partial charge in [0.2, 0.25) is 5.76 Å². The number of furan rings is 1. The van der Waals surface area contributed by atoms with Crippen LogP contribution < -0.4 is 4.72 Å². The first-order chi connectivity index (χ1) is 12.3. The first-order valence-electron chi connectivity index (χ1n) is 8.12. The lowest BCUT2D eigenvalue weighted by atomic mass is 10.1. The maximum atomic E-state index is 12.6. The molecule has 0 unspecified atom stereocenters. The summed E-state index contributed by atoms with van der Waals surface area (Å²) in [5.74, 6) is -0.413. The molecule has 3 rings (SSSR count). The molecular formula is C19H19NO5S. The molecule has 0 saturated carbocycles. The van der Waals surface area contributed by atoms with Crippen molar-refractivity contribution < 1.29 is 22.4 Å². The molecule has 0 atom stereocenters. The molecule has 7 heteroatoms. The predicted molar refractivity (Wildman–Crippen MR) is 98.9 cm³/mol. The van der Waals surface area contributed by atoms with E-state index in [-0.39, 0.29) is 17.3 Å². The highest BCUT2D eigenvalue weighted by molar-refractivity contribution is 7.92. The van der Waals surface area contributed by atoms with Crippen molar-refractivity contribution in [3.8, 4) is 0 Å². The number of carbonyl (C=O) groups is 1. The lowest BCUT2D eigenvalue weighted by molar-refractivity contribution is 0.0491. The van der Waals surface area contributed by atoms with Gasteiger partial charge in [-0.25, -0.2) is 13.2 Å². The first kappa shape index (κ1) is 18.0. The fraction of sp³-hybridized carbons (Fsp3) is 0.211. The minimum Gasteiger partial charge on any atom is -0.460 e. The van der Waals surface area contributed by atoms with Crippen LogP contribution in [0.1, 0.15) is 28.6 Å². The van der Waals surface area contributed by atoms with Gasteiger partial charge in [0.25, 0.3) is 10.0 Å². The second kappa shape index (κ2) is 6.84. The minimum atomic E-state index is -3.72. The van der Waals surface area contributed by atoms with E-state index in [9.17, 15) is 13.2 Å². The smallest absolute Gasteiger partial charge is 0.374 e. The lowest BCUT2D eigenvalue weighted by Gasteiger charge is -2.10. The Balaban J connectivity index is 1.98. The van der Waals surface area contributed by atoms with Crippen LogP contribution in [0.2, 0.25) is 0 Å². The van der Waals surface area contributed by atoms with Crippen LogP contribution in [0.3, 0.4) is 0 Å². The molecule has 0 aliphatic rings. The van der Waals surface area contributed by atoms with Crippen LogP contribution in [-0.2, 0) is 14.8 Å². The zero-order valence-corrected chi connectivity index (χ0v) is 15.5. The van der Waals surface area contributed by atoms with Gasteiger partial charge in [-0.2, -0.15) is 0 Å². The Morgan fingerprint density at radius 1 is 1.15 bits per heavy atom. The number of sulfonamides is 1. The molecule has 0 amide bonds. The molecule has 1 N–H and O–H groups in total. The maximum Gasteiger partial charge on any atom is 0.374 e. The van der Waals surface area contributed by atoms with Gasteiger partial charge in [0.05, 0.1) is 11.5 Å². The van der Waals surface area contributed by atoms with Crippen LogP contribution >= 0.6 is 0 Å². The number of hydrogen-bond donors (Lipinski definition) is 1. The van der Waals surface area contributed by atoms with Crippen LogP contribution in [0.4, 0.5) is 5.69 Å². The number of anilines is 1. The summed E-state index contributed by atoms with van der Waals surface area (Å²) in [6, 6.07) is 11.6. The van der Waals surface area contributed by atoms with Crippen LogP contribution in [-0.4, -0.2) is 21.0 Å². The minimum absolute atomic E-state index is 0.126. The third-order valence-electron chi connectivity index (χ3n) is 4.03. The summed E-state index contributed by atoms with van der Waals surface area (Å²) in [6.07, 6.45) is 0. The summed E-state index contributed by atoms with van der Waals surface area (Å²) in [5.41, 5.74) is 2.14. The third kappa shape index (κ3) is 3.30. The van der Waals surface area contributed by atoms with E-state index < -0.39 is 16.0 Å². The van der Waals surface area contributed by atoms with Crippen molar-refractivity contribution in [2.75, 3.05) is 11.3 Å². The van der Waals surface area contributed by atoms with Crippen molar-refractivity contribution in [3.05, 3.63) is 59.4 Å². The van der Waals surface area contributed by atoms with Gasteiger partial charge in [-0.15, -0.1) is 0 Å². The zero-order valence-electron chi connectivity index (χ0n) is 14.7. The molecule has 0 aliphatic carbocycles. The van der Waals surface area contributed by atoms with Crippen LogP contribution in [0.15, 0.2) is 51.8 Å². The van der Waals surface area contributed by atoms with Gasteiger partial charge in [-0.1, -0.05) is 18.2 Å². The van der Waals surface area contributed by atoms with Crippen molar-refractivity contribution in [3.63, 3.8) is 0 Å². The fourth-order valence-corrected chi connectivity index (χ4v) is 4.04. The van der Waals surface area contributed by atoms with Gasteiger partial charge in [0.15, 0.2) is 0 Å². The maximum absolute atomic E-state index is 12.6. The van der Waals surface area contributed by atoms with E-state index in [0.29, 0.717) is 27.8 Å². The molecule has 1 aromatic heterocycles. The van der Waals surface area contributed by atoms with Crippen molar-refractivity contribution in [2.45, 2.75) is 25.7 Å². The van der Waals surface area contributed by atoms with Crippen molar-refractivity contribution in [1.29, 1.82) is 0 Å². The number of hydrogen-bond acceptors (Lipinski definition) is 5. The molecule has 6 nitrogen and oxygen atoms in total. The predicted octanol–water partition coefficient (Wildman–Crippen LogP) is 4.03.